The van der Waals surface area contributed by atoms with E-state index in [1.807, 2.05) is 33.8 Å². The van der Waals surface area contributed by atoms with Crippen LogP contribution < -0.4 is 0 Å². The molecule has 16 heavy (non-hydrogen) atoms. The lowest BCUT2D eigenvalue weighted by Crippen LogP contribution is -2.36. The van der Waals surface area contributed by atoms with Crippen molar-refractivity contribution in [2.45, 2.75) is 27.7 Å². The lowest BCUT2D eigenvalue weighted by atomic mass is 10.1. The van der Waals surface area contributed by atoms with Crippen LogP contribution in [0, 0.1) is 5.92 Å². The molecule has 94 valence electrons. The van der Waals surface area contributed by atoms with E-state index in [0.29, 0.717) is 0 Å². The number of carbonyl (C=O) groups excluding carboxylic acids is 1. The van der Waals surface area contributed by atoms with E-state index in [1.165, 1.54) is 0 Å². The molecule has 3 nitrogen and oxygen atoms in total. The Labute approximate surface area is 99.5 Å². The molecule has 0 radical (unpaired) electrons. The Morgan fingerprint density at radius 1 is 1.31 bits per heavy atom. The Kier molecular flexibility index (Phi) is 9.15. The third-order valence-corrected chi connectivity index (χ3v) is 2.32. The van der Waals surface area contributed by atoms with E-state index in [2.05, 4.69) is 4.90 Å². The van der Waals surface area contributed by atoms with Crippen molar-refractivity contribution < 1.29 is 9.53 Å². The van der Waals surface area contributed by atoms with Crippen molar-refractivity contribution in [2.24, 2.45) is 5.92 Å². The second kappa shape index (κ2) is 9.55. The highest BCUT2D eigenvalue weighted by molar-refractivity contribution is 5.91. The molecule has 1 heterocycles. The number of carbonyl (C=O) groups is 1. The Balaban J connectivity index is 0.00000106. The van der Waals surface area contributed by atoms with E-state index >= 15 is 0 Å². The van der Waals surface area contributed by atoms with Gasteiger partial charge < -0.3 is 4.74 Å². The molecule has 0 bridgehead atoms. The molecular formula is C13H25NO2. The number of allylic oxidation sites excluding steroid dienone is 1. The van der Waals surface area contributed by atoms with Gasteiger partial charge >= 0.3 is 0 Å². The molecule has 0 unspecified atom stereocenters. The fourth-order valence-corrected chi connectivity index (χ4v) is 1.29. The second-order valence-electron chi connectivity index (χ2n) is 3.87. The number of hydrogen-bond donors (Lipinski definition) is 0. The molecule has 1 fully saturated rings. The third-order valence-electron chi connectivity index (χ3n) is 2.32. The predicted octanol–water partition coefficient (Wildman–Crippen LogP) is 2.13. The Morgan fingerprint density at radius 3 is 2.38 bits per heavy atom. The Bertz CT molecular complexity index is 206. The van der Waals surface area contributed by atoms with Crippen LogP contribution in [0.1, 0.15) is 27.7 Å². The summed E-state index contributed by atoms with van der Waals surface area (Å²) < 4.78 is 5.23. The molecule has 0 aromatic rings. The normalized spacial score (nSPS) is 17.3. The van der Waals surface area contributed by atoms with E-state index in [0.717, 1.165) is 32.8 Å². The zero-order valence-corrected chi connectivity index (χ0v) is 11.0. The van der Waals surface area contributed by atoms with Gasteiger partial charge in [0.15, 0.2) is 5.78 Å². The number of hydrogen-bond acceptors (Lipinski definition) is 3. The van der Waals surface area contributed by atoms with Crippen LogP contribution >= 0.6 is 0 Å². The van der Waals surface area contributed by atoms with Crippen LogP contribution in [0.15, 0.2) is 12.2 Å². The van der Waals surface area contributed by atoms with Gasteiger partial charge in [-0.1, -0.05) is 33.8 Å². The minimum atomic E-state index is 0.107. The average molecular weight is 227 g/mol. The highest BCUT2D eigenvalue weighted by Gasteiger charge is 2.08. The average Bonchev–Trinajstić information content (AvgIpc) is 2.33. The molecule has 0 aromatic heterocycles. The lowest BCUT2D eigenvalue weighted by Gasteiger charge is -2.25. The van der Waals surface area contributed by atoms with Gasteiger partial charge in [-0.3, -0.25) is 9.69 Å². The number of ether oxygens (including phenoxy) is 1. The maximum absolute atomic E-state index is 11.3. The van der Waals surface area contributed by atoms with Crippen LogP contribution in [-0.4, -0.2) is 43.5 Å². The molecule has 1 aliphatic heterocycles. The summed E-state index contributed by atoms with van der Waals surface area (Å²) in [6, 6.07) is 0. The van der Waals surface area contributed by atoms with Crippen molar-refractivity contribution in [3.63, 3.8) is 0 Å². The fourth-order valence-electron chi connectivity index (χ4n) is 1.29. The SMILES string of the molecule is CC.CC(C)C(=O)/C=C/CN1CCOCC1. The van der Waals surface area contributed by atoms with Gasteiger partial charge in [-0.2, -0.15) is 0 Å². The molecule has 0 aromatic carbocycles. The number of ketones is 1. The van der Waals surface area contributed by atoms with E-state index in [1.54, 1.807) is 6.08 Å². The Hall–Kier alpha value is -0.670. The number of morpholine rings is 1. The van der Waals surface area contributed by atoms with Crippen LogP contribution in [-0.2, 0) is 9.53 Å². The largest absolute Gasteiger partial charge is 0.379 e. The first-order chi connectivity index (χ1) is 7.70. The summed E-state index contributed by atoms with van der Waals surface area (Å²) in [5.74, 6) is 0.314. The minimum Gasteiger partial charge on any atom is -0.379 e. The van der Waals surface area contributed by atoms with Crippen LogP contribution in [0.4, 0.5) is 0 Å². The lowest BCUT2D eigenvalue weighted by molar-refractivity contribution is -0.117. The van der Waals surface area contributed by atoms with Gasteiger partial charge in [-0.15, -0.1) is 0 Å². The van der Waals surface area contributed by atoms with Crippen molar-refractivity contribution >= 4 is 5.78 Å². The van der Waals surface area contributed by atoms with Crippen LogP contribution in [0.5, 0.6) is 0 Å². The highest BCUT2D eigenvalue weighted by atomic mass is 16.5. The van der Waals surface area contributed by atoms with Crippen LogP contribution in [0.2, 0.25) is 0 Å². The highest BCUT2D eigenvalue weighted by Crippen LogP contribution is 1.98. The van der Waals surface area contributed by atoms with Crippen molar-refractivity contribution in [3.05, 3.63) is 12.2 Å². The van der Waals surface area contributed by atoms with Gasteiger partial charge in [0.2, 0.25) is 0 Å². The third kappa shape index (κ3) is 6.75. The summed E-state index contributed by atoms with van der Waals surface area (Å²) in [4.78, 5) is 13.5. The van der Waals surface area contributed by atoms with E-state index in [-0.39, 0.29) is 11.7 Å². The van der Waals surface area contributed by atoms with E-state index in [4.69, 9.17) is 4.74 Å². The molecule has 0 spiro atoms. The van der Waals surface area contributed by atoms with E-state index in [9.17, 15) is 4.79 Å². The number of nitrogens with zero attached hydrogens (tertiary/aromatic N) is 1. The minimum absolute atomic E-state index is 0.107. The van der Waals surface area contributed by atoms with Crippen molar-refractivity contribution in [1.82, 2.24) is 4.90 Å². The first-order valence-corrected chi connectivity index (χ1v) is 6.20. The summed E-state index contributed by atoms with van der Waals surface area (Å²) in [5.41, 5.74) is 0. The van der Waals surface area contributed by atoms with Crippen molar-refractivity contribution in [3.8, 4) is 0 Å². The zero-order valence-electron chi connectivity index (χ0n) is 11.0. The summed E-state index contributed by atoms with van der Waals surface area (Å²) in [6.07, 6.45) is 3.65. The molecule has 1 saturated heterocycles. The quantitative estimate of drug-likeness (QED) is 0.689. The van der Waals surface area contributed by atoms with E-state index < -0.39 is 0 Å². The van der Waals surface area contributed by atoms with Gasteiger partial charge in [0.05, 0.1) is 13.2 Å². The molecule has 0 saturated carbocycles. The van der Waals surface area contributed by atoms with Crippen molar-refractivity contribution in [1.29, 1.82) is 0 Å². The van der Waals surface area contributed by atoms with Gasteiger partial charge in [-0.25, -0.2) is 0 Å². The van der Waals surface area contributed by atoms with Crippen LogP contribution in [0.25, 0.3) is 0 Å². The molecule has 0 aliphatic carbocycles. The first kappa shape index (κ1) is 15.3. The molecule has 0 amide bonds. The van der Waals surface area contributed by atoms with Crippen molar-refractivity contribution in [2.75, 3.05) is 32.8 Å². The Morgan fingerprint density at radius 2 is 1.88 bits per heavy atom. The smallest absolute Gasteiger partial charge is 0.157 e. The molecule has 0 N–H and O–H groups in total. The zero-order chi connectivity index (χ0) is 12.4. The standard InChI is InChI=1S/C11H19NO2.C2H6/c1-10(2)11(13)4-3-5-12-6-8-14-9-7-12;1-2/h3-4,10H,5-9H2,1-2H3;1-2H3/b4-3+;. The van der Waals surface area contributed by atoms with Gasteiger partial charge in [0.25, 0.3) is 0 Å². The fraction of sp³-hybridized carbons (Fsp3) is 0.769. The maximum Gasteiger partial charge on any atom is 0.157 e. The summed E-state index contributed by atoms with van der Waals surface area (Å²) >= 11 is 0. The molecule has 0 atom stereocenters. The van der Waals surface area contributed by atoms with Gasteiger partial charge in [-0.05, 0) is 6.08 Å². The monoisotopic (exact) mass is 227 g/mol. The van der Waals surface area contributed by atoms with Gasteiger partial charge in [0.1, 0.15) is 0 Å². The topological polar surface area (TPSA) is 29.5 Å². The molecule has 1 rings (SSSR count). The maximum atomic E-state index is 11.3. The summed E-state index contributed by atoms with van der Waals surface area (Å²) in [6.45, 7) is 12.3. The summed E-state index contributed by atoms with van der Waals surface area (Å²) in [5, 5.41) is 0. The first-order valence-electron chi connectivity index (χ1n) is 6.20. The van der Waals surface area contributed by atoms with Gasteiger partial charge in [0, 0.05) is 25.6 Å². The molecular weight excluding hydrogens is 202 g/mol. The molecule has 3 heteroatoms. The summed E-state index contributed by atoms with van der Waals surface area (Å²) in [7, 11) is 0. The predicted molar refractivity (Wildman–Crippen MR) is 67.6 cm³/mol. The van der Waals surface area contributed by atoms with Crippen LogP contribution in [0.3, 0.4) is 0 Å². The molecule has 1 aliphatic rings. The number of rotatable bonds is 4. The second-order valence-corrected chi connectivity index (χ2v) is 3.87.